The molecule has 0 fully saturated rings. The van der Waals surface area contributed by atoms with Gasteiger partial charge in [-0.2, -0.15) is 0 Å². The summed E-state index contributed by atoms with van der Waals surface area (Å²) < 4.78 is 0. The van der Waals surface area contributed by atoms with Crippen molar-refractivity contribution in [2.75, 3.05) is 7.05 Å². The molecule has 0 heterocycles. The molecule has 1 heteroatoms. The Morgan fingerprint density at radius 2 is 1.57 bits per heavy atom. The zero-order chi connectivity index (χ0) is 16.4. The molecule has 0 atom stereocenters. The average Bonchev–Trinajstić information content (AvgIpc) is 2.85. The first-order valence-electron chi connectivity index (χ1n) is 8.86. The molecule has 23 heavy (non-hydrogen) atoms. The van der Waals surface area contributed by atoms with Crippen LogP contribution < -0.4 is 0 Å². The first-order valence-corrected chi connectivity index (χ1v) is 8.86. The van der Waals surface area contributed by atoms with E-state index in [1.807, 2.05) is 7.05 Å². The molecular weight excluding hydrogens is 278 g/mol. The standard InChI is InChI=1S/C22H27N/c1-5-13-22(14-6-2)20-10-8-7-9-18(20)19-12-11-17(15-21(19)22)16(3)23-4/h7-12,15H,5-6,13-14H2,1-4H3. The number of nitrogens with zero attached hydrogens (tertiary/aromatic N) is 1. The summed E-state index contributed by atoms with van der Waals surface area (Å²) in [5.41, 5.74) is 8.46. The molecule has 0 spiro atoms. The van der Waals surface area contributed by atoms with Crippen molar-refractivity contribution in [1.29, 1.82) is 0 Å². The highest BCUT2D eigenvalue weighted by Gasteiger charge is 2.41. The molecule has 1 aliphatic carbocycles. The predicted molar refractivity (Wildman–Crippen MR) is 101 cm³/mol. The largest absolute Gasteiger partial charge is 0.293 e. The van der Waals surface area contributed by atoms with Crippen LogP contribution in [0.1, 0.15) is 63.1 Å². The van der Waals surface area contributed by atoms with E-state index in [0.29, 0.717) is 0 Å². The highest BCUT2D eigenvalue weighted by Crippen LogP contribution is 2.53. The molecule has 120 valence electrons. The molecule has 0 bridgehead atoms. The lowest BCUT2D eigenvalue weighted by Crippen LogP contribution is -2.25. The van der Waals surface area contributed by atoms with Crippen LogP contribution in [0, 0.1) is 0 Å². The third-order valence-electron chi connectivity index (χ3n) is 5.37. The van der Waals surface area contributed by atoms with E-state index in [0.717, 1.165) is 5.71 Å². The Bertz CT molecular complexity index is 733. The maximum absolute atomic E-state index is 4.39. The molecule has 0 radical (unpaired) electrons. The van der Waals surface area contributed by atoms with E-state index in [1.165, 1.54) is 53.5 Å². The molecule has 3 rings (SSSR count). The minimum absolute atomic E-state index is 0.180. The molecule has 0 aromatic heterocycles. The number of fused-ring (bicyclic) bond motifs is 3. The Morgan fingerprint density at radius 1 is 0.913 bits per heavy atom. The molecular formula is C22H27N. The monoisotopic (exact) mass is 305 g/mol. The predicted octanol–water partition coefficient (Wildman–Crippen LogP) is 5.99. The molecule has 0 saturated heterocycles. The van der Waals surface area contributed by atoms with Crippen molar-refractivity contribution in [2.24, 2.45) is 4.99 Å². The minimum atomic E-state index is 0.180. The minimum Gasteiger partial charge on any atom is -0.293 e. The molecule has 0 aliphatic heterocycles. The number of aliphatic imine (C=N–C) groups is 1. The Morgan fingerprint density at radius 3 is 2.22 bits per heavy atom. The van der Waals surface area contributed by atoms with Gasteiger partial charge in [-0.3, -0.25) is 4.99 Å². The second-order valence-corrected chi connectivity index (χ2v) is 6.70. The van der Waals surface area contributed by atoms with Gasteiger partial charge in [-0.05, 0) is 53.6 Å². The van der Waals surface area contributed by atoms with E-state index in [1.54, 1.807) is 0 Å². The van der Waals surface area contributed by atoms with Crippen molar-refractivity contribution in [3.8, 4) is 11.1 Å². The smallest absolute Gasteiger partial charge is 0.0386 e. The average molecular weight is 305 g/mol. The van der Waals surface area contributed by atoms with Crippen LogP contribution in [0.15, 0.2) is 47.5 Å². The summed E-state index contributed by atoms with van der Waals surface area (Å²) in [5, 5.41) is 0. The SMILES string of the molecule is CCCC1(CCC)c2ccccc2-c2ccc(C(C)=NC)cc21. The quantitative estimate of drug-likeness (QED) is 0.601. The van der Waals surface area contributed by atoms with Crippen LogP contribution in [-0.2, 0) is 5.41 Å². The normalized spacial score (nSPS) is 15.4. The van der Waals surface area contributed by atoms with E-state index in [4.69, 9.17) is 0 Å². The van der Waals surface area contributed by atoms with Crippen molar-refractivity contribution in [3.63, 3.8) is 0 Å². The van der Waals surface area contributed by atoms with Crippen molar-refractivity contribution in [2.45, 2.75) is 51.9 Å². The van der Waals surface area contributed by atoms with Gasteiger partial charge in [-0.15, -0.1) is 0 Å². The van der Waals surface area contributed by atoms with E-state index in [2.05, 4.69) is 68.2 Å². The second-order valence-electron chi connectivity index (χ2n) is 6.70. The van der Waals surface area contributed by atoms with Gasteiger partial charge >= 0.3 is 0 Å². The van der Waals surface area contributed by atoms with Gasteiger partial charge in [0.25, 0.3) is 0 Å². The van der Waals surface area contributed by atoms with Crippen molar-refractivity contribution in [3.05, 3.63) is 59.2 Å². The Hall–Kier alpha value is -1.89. The zero-order valence-corrected chi connectivity index (χ0v) is 14.8. The van der Waals surface area contributed by atoms with E-state index in [-0.39, 0.29) is 5.41 Å². The summed E-state index contributed by atoms with van der Waals surface area (Å²) in [5.74, 6) is 0. The van der Waals surface area contributed by atoms with Gasteiger partial charge in [0, 0.05) is 18.2 Å². The van der Waals surface area contributed by atoms with Gasteiger partial charge in [0.15, 0.2) is 0 Å². The number of rotatable bonds is 5. The van der Waals surface area contributed by atoms with Crippen molar-refractivity contribution in [1.82, 2.24) is 0 Å². The zero-order valence-electron chi connectivity index (χ0n) is 14.8. The van der Waals surface area contributed by atoms with Crippen LogP contribution >= 0.6 is 0 Å². The second kappa shape index (κ2) is 6.31. The lowest BCUT2D eigenvalue weighted by molar-refractivity contribution is 0.436. The van der Waals surface area contributed by atoms with Crippen LogP contribution in [0.25, 0.3) is 11.1 Å². The molecule has 1 nitrogen and oxygen atoms in total. The van der Waals surface area contributed by atoms with E-state index in [9.17, 15) is 0 Å². The fourth-order valence-electron chi connectivity index (χ4n) is 4.33. The van der Waals surface area contributed by atoms with Crippen molar-refractivity contribution < 1.29 is 0 Å². The fourth-order valence-corrected chi connectivity index (χ4v) is 4.33. The fraction of sp³-hybridized carbons (Fsp3) is 0.409. The summed E-state index contributed by atoms with van der Waals surface area (Å²) in [6.07, 6.45) is 4.85. The van der Waals surface area contributed by atoms with E-state index < -0.39 is 0 Å². The summed E-state index contributed by atoms with van der Waals surface area (Å²) >= 11 is 0. The van der Waals surface area contributed by atoms with Gasteiger partial charge in [0.1, 0.15) is 0 Å². The van der Waals surface area contributed by atoms with Crippen LogP contribution in [-0.4, -0.2) is 12.8 Å². The molecule has 0 amide bonds. The Balaban J connectivity index is 2.28. The Labute approximate surface area is 140 Å². The van der Waals surface area contributed by atoms with Gasteiger partial charge < -0.3 is 0 Å². The third-order valence-corrected chi connectivity index (χ3v) is 5.37. The molecule has 0 N–H and O–H groups in total. The van der Waals surface area contributed by atoms with Crippen LogP contribution in [0.4, 0.5) is 0 Å². The van der Waals surface area contributed by atoms with Gasteiger partial charge in [0.05, 0.1) is 0 Å². The summed E-state index contributed by atoms with van der Waals surface area (Å²) in [4.78, 5) is 4.39. The molecule has 0 saturated carbocycles. The molecule has 1 aliphatic rings. The maximum Gasteiger partial charge on any atom is 0.0386 e. The molecule has 2 aromatic rings. The molecule has 2 aromatic carbocycles. The maximum atomic E-state index is 4.39. The van der Waals surface area contributed by atoms with Gasteiger partial charge in [-0.1, -0.05) is 63.1 Å². The first-order chi connectivity index (χ1) is 11.2. The lowest BCUT2D eigenvalue weighted by Gasteiger charge is -2.32. The van der Waals surface area contributed by atoms with Crippen LogP contribution in [0.2, 0.25) is 0 Å². The van der Waals surface area contributed by atoms with Crippen LogP contribution in [0.3, 0.4) is 0 Å². The van der Waals surface area contributed by atoms with Gasteiger partial charge in [0.2, 0.25) is 0 Å². The highest BCUT2D eigenvalue weighted by atomic mass is 14.7. The number of hydrogen-bond acceptors (Lipinski definition) is 1. The third kappa shape index (κ3) is 2.43. The Kier molecular flexibility index (Phi) is 4.39. The number of hydrogen-bond donors (Lipinski definition) is 0. The van der Waals surface area contributed by atoms with Crippen LogP contribution in [0.5, 0.6) is 0 Å². The highest BCUT2D eigenvalue weighted by molar-refractivity contribution is 6.00. The summed E-state index contributed by atoms with van der Waals surface area (Å²) in [6.45, 7) is 6.71. The summed E-state index contributed by atoms with van der Waals surface area (Å²) in [6, 6.07) is 16.0. The summed E-state index contributed by atoms with van der Waals surface area (Å²) in [7, 11) is 1.88. The van der Waals surface area contributed by atoms with E-state index >= 15 is 0 Å². The number of benzene rings is 2. The lowest BCUT2D eigenvalue weighted by atomic mass is 9.71. The molecule has 0 unspecified atom stereocenters. The van der Waals surface area contributed by atoms with Crippen molar-refractivity contribution >= 4 is 5.71 Å². The first kappa shape index (κ1) is 16.0. The topological polar surface area (TPSA) is 12.4 Å². The van der Waals surface area contributed by atoms with Gasteiger partial charge in [-0.25, -0.2) is 0 Å².